The van der Waals surface area contributed by atoms with Gasteiger partial charge in [0.2, 0.25) is 0 Å². The van der Waals surface area contributed by atoms with Crippen LogP contribution in [-0.4, -0.2) is 6.54 Å². The van der Waals surface area contributed by atoms with Crippen LogP contribution >= 0.6 is 22.9 Å². The van der Waals surface area contributed by atoms with Crippen LogP contribution in [0.3, 0.4) is 0 Å². The fraction of sp³-hybridized carbons (Fsp3) is 0.385. The molecule has 0 aliphatic carbocycles. The Kier molecular flexibility index (Phi) is 3.85. The zero-order valence-corrected chi connectivity index (χ0v) is 11.2. The topological polar surface area (TPSA) is 12.0 Å². The maximum absolute atomic E-state index is 6.19. The maximum atomic E-state index is 6.19. The molecule has 1 heterocycles. The second-order valence-corrected chi connectivity index (χ2v) is 5.46. The van der Waals surface area contributed by atoms with E-state index in [1.807, 2.05) is 12.1 Å². The Labute approximate surface area is 105 Å². The van der Waals surface area contributed by atoms with Gasteiger partial charge in [0.05, 0.1) is 9.72 Å². The average Bonchev–Trinajstić information content (AvgIpc) is 2.59. The monoisotopic (exact) mass is 253 g/mol. The molecular weight excluding hydrogens is 238 g/mol. The Bertz CT molecular complexity index is 490. The standard InChI is InChI=1S/C13H16ClNS/c1-3-7-15-8-12-9(2)10-5-4-6-11(14)13(10)16-12/h4-6,15H,3,7-8H2,1-2H3. The molecule has 1 N–H and O–H groups in total. The molecule has 0 unspecified atom stereocenters. The third-order valence-electron chi connectivity index (χ3n) is 2.73. The summed E-state index contributed by atoms with van der Waals surface area (Å²) in [5.41, 5.74) is 1.37. The summed E-state index contributed by atoms with van der Waals surface area (Å²) in [6.45, 7) is 6.39. The molecule has 1 aromatic carbocycles. The Morgan fingerprint density at radius 2 is 2.19 bits per heavy atom. The molecule has 0 saturated carbocycles. The van der Waals surface area contributed by atoms with Gasteiger partial charge in [0.15, 0.2) is 0 Å². The van der Waals surface area contributed by atoms with Gasteiger partial charge in [-0.15, -0.1) is 11.3 Å². The fourth-order valence-electron chi connectivity index (χ4n) is 1.81. The van der Waals surface area contributed by atoms with Gasteiger partial charge in [0.25, 0.3) is 0 Å². The van der Waals surface area contributed by atoms with Crippen molar-refractivity contribution in [3.63, 3.8) is 0 Å². The number of rotatable bonds is 4. The zero-order valence-electron chi connectivity index (χ0n) is 9.64. The van der Waals surface area contributed by atoms with E-state index in [1.165, 1.54) is 26.9 Å². The van der Waals surface area contributed by atoms with E-state index >= 15 is 0 Å². The van der Waals surface area contributed by atoms with Crippen molar-refractivity contribution in [2.24, 2.45) is 0 Å². The van der Waals surface area contributed by atoms with E-state index in [1.54, 1.807) is 11.3 Å². The number of thiophene rings is 1. The third kappa shape index (κ3) is 2.24. The Hall–Kier alpha value is -0.570. The van der Waals surface area contributed by atoms with Crippen LogP contribution in [-0.2, 0) is 6.54 Å². The van der Waals surface area contributed by atoms with Crippen LogP contribution in [0, 0.1) is 6.92 Å². The van der Waals surface area contributed by atoms with E-state index < -0.39 is 0 Å². The molecule has 0 fully saturated rings. The van der Waals surface area contributed by atoms with Gasteiger partial charge in [-0.05, 0) is 36.9 Å². The van der Waals surface area contributed by atoms with Crippen molar-refractivity contribution in [2.45, 2.75) is 26.8 Å². The molecule has 1 aromatic heterocycles. The predicted octanol–water partition coefficient (Wildman–Crippen LogP) is 4.36. The van der Waals surface area contributed by atoms with Gasteiger partial charge in [-0.2, -0.15) is 0 Å². The first-order valence-corrected chi connectivity index (χ1v) is 6.80. The molecule has 2 aromatic rings. The number of hydrogen-bond acceptors (Lipinski definition) is 2. The van der Waals surface area contributed by atoms with Gasteiger partial charge in [-0.3, -0.25) is 0 Å². The zero-order chi connectivity index (χ0) is 11.5. The van der Waals surface area contributed by atoms with Crippen molar-refractivity contribution in [1.82, 2.24) is 5.32 Å². The summed E-state index contributed by atoms with van der Waals surface area (Å²) in [5, 5.41) is 5.60. The van der Waals surface area contributed by atoms with Crippen LogP contribution < -0.4 is 5.32 Å². The Balaban J connectivity index is 2.33. The van der Waals surface area contributed by atoms with Crippen molar-refractivity contribution >= 4 is 33.0 Å². The number of aryl methyl sites for hydroxylation is 1. The van der Waals surface area contributed by atoms with E-state index in [-0.39, 0.29) is 0 Å². The molecule has 2 rings (SSSR count). The lowest BCUT2D eigenvalue weighted by Crippen LogP contribution is -2.13. The molecule has 1 nitrogen and oxygen atoms in total. The highest BCUT2D eigenvalue weighted by molar-refractivity contribution is 7.20. The highest BCUT2D eigenvalue weighted by Crippen LogP contribution is 2.35. The minimum Gasteiger partial charge on any atom is -0.312 e. The minimum absolute atomic E-state index is 0.868. The number of nitrogens with one attached hydrogen (secondary N) is 1. The summed E-state index contributed by atoms with van der Waals surface area (Å²) < 4.78 is 1.22. The summed E-state index contributed by atoms with van der Waals surface area (Å²) in [4.78, 5) is 1.40. The van der Waals surface area contributed by atoms with Gasteiger partial charge in [-0.1, -0.05) is 30.7 Å². The van der Waals surface area contributed by atoms with Crippen molar-refractivity contribution < 1.29 is 0 Å². The van der Waals surface area contributed by atoms with Gasteiger partial charge < -0.3 is 5.32 Å². The van der Waals surface area contributed by atoms with Gasteiger partial charge in [-0.25, -0.2) is 0 Å². The SMILES string of the molecule is CCCNCc1sc2c(Cl)cccc2c1C. The van der Waals surface area contributed by atoms with E-state index in [2.05, 4.69) is 25.2 Å². The second kappa shape index (κ2) is 5.17. The molecule has 0 radical (unpaired) electrons. The lowest BCUT2D eigenvalue weighted by molar-refractivity contribution is 0.680. The van der Waals surface area contributed by atoms with E-state index in [4.69, 9.17) is 11.6 Å². The quantitative estimate of drug-likeness (QED) is 0.799. The Morgan fingerprint density at radius 1 is 1.38 bits per heavy atom. The largest absolute Gasteiger partial charge is 0.312 e. The van der Waals surface area contributed by atoms with Crippen molar-refractivity contribution in [2.75, 3.05) is 6.54 Å². The predicted molar refractivity (Wildman–Crippen MR) is 73.6 cm³/mol. The smallest absolute Gasteiger partial charge is 0.0584 e. The molecule has 0 atom stereocenters. The fourth-order valence-corrected chi connectivity index (χ4v) is 3.28. The summed E-state index contributed by atoms with van der Waals surface area (Å²) >= 11 is 8.00. The second-order valence-electron chi connectivity index (χ2n) is 3.94. The molecule has 3 heteroatoms. The average molecular weight is 254 g/mol. The van der Waals surface area contributed by atoms with Crippen LogP contribution in [0.15, 0.2) is 18.2 Å². The Morgan fingerprint density at radius 3 is 2.88 bits per heavy atom. The molecule has 0 spiro atoms. The van der Waals surface area contributed by atoms with Crippen LogP contribution in [0.5, 0.6) is 0 Å². The maximum Gasteiger partial charge on any atom is 0.0584 e. The molecule has 86 valence electrons. The first-order chi connectivity index (χ1) is 7.74. The van der Waals surface area contributed by atoms with Gasteiger partial charge in [0.1, 0.15) is 0 Å². The van der Waals surface area contributed by atoms with Crippen molar-refractivity contribution in [1.29, 1.82) is 0 Å². The van der Waals surface area contributed by atoms with Crippen LogP contribution in [0.1, 0.15) is 23.8 Å². The summed E-state index contributed by atoms with van der Waals surface area (Å²) in [7, 11) is 0. The number of fused-ring (bicyclic) bond motifs is 1. The number of halogens is 1. The van der Waals surface area contributed by atoms with E-state index in [0.29, 0.717) is 0 Å². The summed E-state index contributed by atoms with van der Waals surface area (Å²) in [6, 6.07) is 6.13. The number of benzene rings is 1. The van der Waals surface area contributed by atoms with Crippen LogP contribution in [0.4, 0.5) is 0 Å². The molecule has 0 aliphatic rings. The molecule has 0 saturated heterocycles. The van der Waals surface area contributed by atoms with Gasteiger partial charge in [0, 0.05) is 11.4 Å². The van der Waals surface area contributed by atoms with E-state index in [9.17, 15) is 0 Å². The lowest BCUT2D eigenvalue weighted by Gasteiger charge is -2.01. The first kappa shape index (κ1) is 11.9. The highest BCUT2D eigenvalue weighted by Gasteiger charge is 2.09. The normalized spacial score (nSPS) is 11.2. The summed E-state index contributed by atoms with van der Waals surface area (Å²) in [6.07, 6.45) is 1.17. The highest BCUT2D eigenvalue weighted by atomic mass is 35.5. The van der Waals surface area contributed by atoms with Crippen molar-refractivity contribution in [3.05, 3.63) is 33.7 Å². The third-order valence-corrected chi connectivity index (χ3v) is 4.49. The molecule has 0 bridgehead atoms. The number of hydrogen-bond donors (Lipinski definition) is 1. The summed E-state index contributed by atoms with van der Waals surface area (Å²) in [5.74, 6) is 0. The lowest BCUT2D eigenvalue weighted by atomic mass is 10.1. The van der Waals surface area contributed by atoms with Crippen LogP contribution in [0.2, 0.25) is 5.02 Å². The van der Waals surface area contributed by atoms with Crippen LogP contribution in [0.25, 0.3) is 10.1 Å². The minimum atomic E-state index is 0.868. The molecule has 0 amide bonds. The first-order valence-electron chi connectivity index (χ1n) is 5.61. The van der Waals surface area contributed by atoms with E-state index in [0.717, 1.165) is 18.1 Å². The molecule has 16 heavy (non-hydrogen) atoms. The molecular formula is C13H16ClNS. The molecule has 0 aliphatic heterocycles. The van der Waals surface area contributed by atoms with Crippen molar-refractivity contribution in [3.8, 4) is 0 Å². The van der Waals surface area contributed by atoms with Gasteiger partial charge >= 0.3 is 0 Å².